The molecule has 0 aliphatic rings. The molecule has 0 aromatic heterocycles. The predicted molar refractivity (Wildman–Crippen MR) is 135 cm³/mol. The summed E-state index contributed by atoms with van der Waals surface area (Å²) in [5, 5.41) is 2.69. The van der Waals surface area contributed by atoms with Crippen LogP contribution in [0, 0.1) is 6.92 Å². The van der Waals surface area contributed by atoms with E-state index in [-0.39, 0.29) is 17.2 Å². The Bertz CT molecular complexity index is 1240. The topological polar surface area (TPSA) is 105 Å². The minimum absolute atomic E-state index is 0.0621. The number of hydrogen-bond acceptors (Lipinski definition) is 5. The zero-order valence-corrected chi connectivity index (χ0v) is 20.7. The fourth-order valence-corrected chi connectivity index (χ4v) is 4.41. The van der Waals surface area contributed by atoms with Gasteiger partial charge >= 0.3 is 0 Å². The van der Waals surface area contributed by atoms with E-state index >= 15 is 0 Å². The molecule has 184 valence electrons. The van der Waals surface area contributed by atoms with Crippen LogP contribution in [0.5, 0.6) is 5.75 Å². The number of ether oxygens (including phenoxy) is 1. The molecule has 3 aromatic carbocycles. The van der Waals surface area contributed by atoms with Crippen molar-refractivity contribution < 1.29 is 22.7 Å². The Morgan fingerprint density at radius 2 is 1.57 bits per heavy atom. The van der Waals surface area contributed by atoms with Crippen LogP contribution in [0.4, 0.5) is 5.69 Å². The molecule has 3 aromatic rings. The van der Waals surface area contributed by atoms with Crippen molar-refractivity contribution in [1.82, 2.24) is 10.0 Å². The molecule has 0 aliphatic carbocycles. The summed E-state index contributed by atoms with van der Waals surface area (Å²) < 4.78 is 32.5. The van der Waals surface area contributed by atoms with Crippen LogP contribution in [0.25, 0.3) is 0 Å². The number of carbonyl (C=O) groups excluding carboxylic acids is 2. The summed E-state index contributed by atoms with van der Waals surface area (Å²) in [6, 6.07) is 21.7. The molecule has 0 aliphatic heterocycles. The van der Waals surface area contributed by atoms with Gasteiger partial charge < -0.3 is 15.0 Å². The third-order valence-corrected chi connectivity index (χ3v) is 6.88. The van der Waals surface area contributed by atoms with Gasteiger partial charge in [0, 0.05) is 19.2 Å². The van der Waals surface area contributed by atoms with E-state index in [0.717, 1.165) is 11.1 Å². The maximum Gasteiger partial charge on any atom is 0.249 e. The molecular formula is C26H29N3O5S. The third kappa shape index (κ3) is 7.14. The van der Waals surface area contributed by atoms with Crippen molar-refractivity contribution in [1.29, 1.82) is 0 Å². The van der Waals surface area contributed by atoms with Crippen molar-refractivity contribution in [3.63, 3.8) is 0 Å². The molecule has 2 amide bonds. The first-order valence-electron chi connectivity index (χ1n) is 11.0. The van der Waals surface area contributed by atoms with Crippen LogP contribution in [-0.4, -0.2) is 47.0 Å². The molecule has 8 nitrogen and oxygen atoms in total. The molecule has 2 N–H and O–H groups in total. The minimum Gasteiger partial charge on any atom is -0.497 e. The number of anilines is 1. The molecular weight excluding hydrogens is 466 g/mol. The highest BCUT2D eigenvalue weighted by atomic mass is 32.2. The second-order valence-corrected chi connectivity index (χ2v) is 9.81. The normalized spacial score (nSPS) is 12.0. The molecule has 0 radical (unpaired) electrons. The van der Waals surface area contributed by atoms with Crippen molar-refractivity contribution in [2.24, 2.45) is 0 Å². The van der Waals surface area contributed by atoms with E-state index in [1.165, 1.54) is 17.0 Å². The van der Waals surface area contributed by atoms with Crippen LogP contribution in [-0.2, 0) is 26.0 Å². The zero-order valence-electron chi connectivity index (χ0n) is 19.9. The molecule has 0 saturated heterocycles. The highest BCUT2D eigenvalue weighted by Crippen LogP contribution is 2.19. The molecule has 0 bridgehead atoms. The third-order valence-electron chi connectivity index (χ3n) is 5.46. The lowest BCUT2D eigenvalue weighted by Crippen LogP contribution is -2.51. The Balaban J connectivity index is 1.72. The lowest BCUT2D eigenvalue weighted by molar-refractivity contribution is -0.126. The molecule has 0 saturated carbocycles. The van der Waals surface area contributed by atoms with Gasteiger partial charge in [0.25, 0.3) is 0 Å². The van der Waals surface area contributed by atoms with Gasteiger partial charge in [-0.3, -0.25) is 9.59 Å². The highest BCUT2D eigenvalue weighted by Gasteiger charge is 2.26. The van der Waals surface area contributed by atoms with Crippen molar-refractivity contribution in [2.75, 3.05) is 25.6 Å². The van der Waals surface area contributed by atoms with Gasteiger partial charge in [0.2, 0.25) is 21.8 Å². The first-order valence-corrected chi connectivity index (χ1v) is 12.5. The maximum atomic E-state index is 13.3. The molecule has 9 heteroatoms. The van der Waals surface area contributed by atoms with Gasteiger partial charge in [-0.25, -0.2) is 13.1 Å². The van der Waals surface area contributed by atoms with Gasteiger partial charge in [0.15, 0.2) is 0 Å². The minimum atomic E-state index is -3.87. The molecule has 0 unspecified atom stereocenters. The maximum absolute atomic E-state index is 13.3. The average Bonchev–Trinajstić information content (AvgIpc) is 2.87. The second kappa shape index (κ2) is 11.6. The van der Waals surface area contributed by atoms with Gasteiger partial charge in [0.05, 0.1) is 18.6 Å². The van der Waals surface area contributed by atoms with E-state index < -0.39 is 28.5 Å². The van der Waals surface area contributed by atoms with E-state index in [2.05, 4.69) is 10.0 Å². The molecule has 35 heavy (non-hydrogen) atoms. The molecule has 0 heterocycles. The van der Waals surface area contributed by atoms with Crippen LogP contribution in [0.2, 0.25) is 0 Å². The summed E-state index contributed by atoms with van der Waals surface area (Å²) in [5.41, 5.74) is 2.41. The summed E-state index contributed by atoms with van der Waals surface area (Å²) in [6.45, 7) is 1.35. The average molecular weight is 496 g/mol. The number of hydrogen-bond donors (Lipinski definition) is 2. The Morgan fingerprint density at radius 3 is 2.17 bits per heavy atom. The summed E-state index contributed by atoms with van der Waals surface area (Å²) in [5.74, 6) is -0.295. The van der Waals surface area contributed by atoms with E-state index in [1.54, 1.807) is 50.6 Å². The Hall–Kier alpha value is -3.69. The van der Waals surface area contributed by atoms with Gasteiger partial charge in [-0.15, -0.1) is 0 Å². The lowest BCUT2D eigenvalue weighted by atomic mass is 10.0. The summed E-state index contributed by atoms with van der Waals surface area (Å²) in [4.78, 5) is 27.5. The number of methoxy groups -OCH3 is 1. The number of rotatable bonds is 10. The second-order valence-electron chi connectivity index (χ2n) is 8.04. The van der Waals surface area contributed by atoms with Crippen molar-refractivity contribution >= 4 is 27.5 Å². The Labute approximate surface area is 206 Å². The largest absolute Gasteiger partial charge is 0.497 e. The van der Waals surface area contributed by atoms with Crippen LogP contribution in [0.3, 0.4) is 0 Å². The van der Waals surface area contributed by atoms with Crippen LogP contribution < -0.4 is 19.7 Å². The van der Waals surface area contributed by atoms with Crippen LogP contribution in [0.1, 0.15) is 11.1 Å². The highest BCUT2D eigenvalue weighted by molar-refractivity contribution is 7.89. The summed E-state index contributed by atoms with van der Waals surface area (Å²) >= 11 is 0. The van der Waals surface area contributed by atoms with E-state index in [9.17, 15) is 18.0 Å². The quantitative estimate of drug-likeness (QED) is 0.450. The van der Waals surface area contributed by atoms with Gasteiger partial charge in [-0.2, -0.15) is 0 Å². The van der Waals surface area contributed by atoms with Crippen molar-refractivity contribution in [2.45, 2.75) is 24.3 Å². The molecule has 3 rings (SSSR count). The van der Waals surface area contributed by atoms with E-state index in [1.807, 2.05) is 37.3 Å². The predicted octanol–water partition coefficient (Wildman–Crippen LogP) is 2.67. The molecule has 1 atom stereocenters. The number of benzene rings is 3. The van der Waals surface area contributed by atoms with Gasteiger partial charge in [0.1, 0.15) is 11.8 Å². The standard InChI is InChI=1S/C26H29N3O5S/c1-19-9-15-23(16-10-19)35(32,33)27-18-25(30)28-24(17-20-7-5-4-6-8-20)26(31)29(2)21-11-13-22(34-3)14-12-21/h4-16,24,27H,17-18H2,1-3H3,(H,28,30)/t24-/m0/s1. The summed E-state index contributed by atoms with van der Waals surface area (Å²) in [7, 11) is -0.694. The Morgan fingerprint density at radius 1 is 0.943 bits per heavy atom. The molecule has 0 fully saturated rings. The smallest absolute Gasteiger partial charge is 0.249 e. The zero-order chi connectivity index (χ0) is 25.4. The summed E-state index contributed by atoms with van der Waals surface area (Å²) in [6.07, 6.45) is 0.247. The number of amides is 2. The number of carbonyl (C=O) groups is 2. The van der Waals surface area contributed by atoms with Gasteiger partial charge in [-0.05, 0) is 48.9 Å². The fourth-order valence-electron chi connectivity index (χ4n) is 3.42. The number of likely N-dealkylation sites (N-methyl/N-ethyl adjacent to an activating group) is 1. The van der Waals surface area contributed by atoms with Crippen molar-refractivity contribution in [3.05, 3.63) is 90.0 Å². The lowest BCUT2D eigenvalue weighted by Gasteiger charge is -2.25. The monoisotopic (exact) mass is 495 g/mol. The number of aryl methyl sites for hydroxylation is 1. The first-order chi connectivity index (χ1) is 16.7. The first kappa shape index (κ1) is 25.9. The van der Waals surface area contributed by atoms with Crippen LogP contribution in [0.15, 0.2) is 83.8 Å². The van der Waals surface area contributed by atoms with E-state index in [4.69, 9.17) is 4.74 Å². The van der Waals surface area contributed by atoms with Crippen LogP contribution >= 0.6 is 0 Å². The number of sulfonamides is 1. The van der Waals surface area contributed by atoms with E-state index in [0.29, 0.717) is 11.4 Å². The van der Waals surface area contributed by atoms with Gasteiger partial charge in [-0.1, -0.05) is 48.0 Å². The van der Waals surface area contributed by atoms with Crippen molar-refractivity contribution in [3.8, 4) is 5.75 Å². The number of nitrogens with zero attached hydrogens (tertiary/aromatic N) is 1. The Kier molecular flexibility index (Phi) is 8.62. The number of nitrogens with one attached hydrogen (secondary N) is 2. The molecule has 0 spiro atoms. The fraction of sp³-hybridized carbons (Fsp3) is 0.231. The SMILES string of the molecule is COc1ccc(N(C)C(=O)[C@H](Cc2ccccc2)NC(=O)CNS(=O)(=O)c2ccc(C)cc2)cc1.